The molecular formula is C12H23NO2. The number of ether oxygens (including phenoxy) is 1. The summed E-state index contributed by atoms with van der Waals surface area (Å²) in [7, 11) is 1.71. The standard InChI is InChI=1S/C12H23NO2/c1-15-10-5-2-3-8-12(10,14)11(9-13)6-4-7-11/h10,14H,2-9,13H2,1H3. The van der Waals surface area contributed by atoms with Crippen LogP contribution in [0.5, 0.6) is 0 Å². The highest BCUT2D eigenvalue weighted by atomic mass is 16.5. The molecule has 2 aliphatic carbocycles. The average molecular weight is 213 g/mol. The van der Waals surface area contributed by atoms with Crippen LogP contribution in [0.1, 0.15) is 44.9 Å². The highest BCUT2D eigenvalue weighted by Gasteiger charge is 2.57. The van der Waals surface area contributed by atoms with Crippen LogP contribution in [0, 0.1) is 5.41 Å². The first-order valence-electron chi connectivity index (χ1n) is 6.14. The van der Waals surface area contributed by atoms with Crippen molar-refractivity contribution < 1.29 is 9.84 Å². The van der Waals surface area contributed by atoms with Gasteiger partial charge in [-0.1, -0.05) is 19.3 Å². The van der Waals surface area contributed by atoms with Crippen LogP contribution in [0.4, 0.5) is 0 Å². The lowest BCUT2D eigenvalue weighted by molar-refractivity contribution is -0.209. The van der Waals surface area contributed by atoms with Gasteiger partial charge in [0.05, 0.1) is 11.7 Å². The molecule has 0 aromatic rings. The fraction of sp³-hybridized carbons (Fsp3) is 1.00. The van der Waals surface area contributed by atoms with Crippen LogP contribution in [-0.4, -0.2) is 30.5 Å². The van der Waals surface area contributed by atoms with E-state index in [4.69, 9.17) is 10.5 Å². The lowest BCUT2D eigenvalue weighted by Crippen LogP contribution is -2.63. The van der Waals surface area contributed by atoms with Gasteiger partial charge in [-0.15, -0.1) is 0 Å². The minimum Gasteiger partial charge on any atom is -0.387 e. The van der Waals surface area contributed by atoms with Gasteiger partial charge in [0.2, 0.25) is 0 Å². The van der Waals surface area contributed by atoms with Crippen LogP contribution in [0.3, 0.4) is 0 Å². The van der Waals surface area contributed by atoms with Gasteiger partial charge in [-0.25, -0.2) is 0 Å². The van der Waals surface area contributed by atoms with Gasteiger partial charge < -0.3 is 15.6 Å². The van der Waals surface area contributed by atoms with E-state index in [2.05, 4.69) is 0 Å². The summed E-state index contributed by atoms with van der Waals surface area (Å²) in [6, 6.07) is 0. The largest absolute Gasteiger partial charge is 0.387 e. The molecular weight excluding hydrogens is 190 g/mol. The number of aliphatic hydroxyl groups is 1. The molecule has 3 nitrogen and oxygen atoms in total. The lowest BCUT2D eigenvalue weighted by atomic mass is 9.54. The number of hydrogen-bond acceptors (Lipinski definition) is 3. The summed E-state index contributed by atoms with van der Waals surface area (Å²) >= 11 is 0. The summed E-state index contributed by atoms with van der Waals surface area (Å²) in [4.78, 5) is 0. The number of rotatable bonds is 3. The minimum atomic E-state index is -0.660. The summed E-state index contributed by atoms with van der Waals surface area (Å²) in [6.07, 6.45) is 7.46. The highest BCUT2D eigenvalue weighted by Crippen LogP contribution is 2.54. The Labute approximate surface area is 92.0 Å². The van der Waals surface area contributed by atoms with Gasteiger partial charge >= 0.3 is 0 Å². The van der Waals surface area contributed by atoms with Gasteiger partial charge in [0.15, 0.2) is 0 Å². The molecule has 0 aromatic carbocycles. The molecule has 0 spiro atoms. The van der Waals surface area contributed by atoms with Gasteiger partial charge in [-0.2, -0.15) is 0 Å². The molecule has 2 fully saturated rings. The van der Waals surface area contributed by atoms with E-state index in [0.29, 0.717) is 6.54 Å². The Morgan fingerprint density at radius 3 is 2.47 bits per heavy atom. The Kier molecular flexibility index (Phi) is 3.06. The molecule has 2 atom stereocenters. The molecule has 2 saturated carbocycles. The molecule has 2 aliphatic rings. The molecule has 3 N–H and O–H groups in total. The smallest absolute Gasteiger partial charge is 0.0975 e. The molecule has 0 amide bonds. The minimum absolute atomic E-state index is 0.00454. The molecule has 0 heterocycles. The zero-order valence-electron chi connectivity index (χ0n) is 9.67. The van der Waals surface area contributed by atoms with E-state index >= 15 is 0 Å². The average Bonchev–Trinajstić information content (AvgIpc) is 2.17. The fourth-order valence-corrected chi connectivity index (χ4v) is 3.46. The van der Waals surface area contributed by atoms with Crippen molar-refractivity contribution in [2.45, 2.75) is 56.7 Å². The van der Waals surface area contributed by atoms with E-state index in [1.165, 1.54) is 12.8 Å². The highest BCUT2D eigenvalue weighted by molar-refractivity contribution is 5.09. The number of methoxy groups -OCH3 is 1. The maximum absolute atomic E-state index is 10.9. The third-order valence-corrected chi connectivity index (χ3v) is 4.71. The second-order valence-electron chi connectivity index (χ2n) is 5.23. The second kappa shape index (κ2) is 4.04. The molecule has 0 aromatic heterocycles. The summed E-state index contributed by atoms with van der Waals surface area (Å²) in [6.45, 7) is 0.601. The zero-order valence-corrected chi connectivity index (χ0v) is 9.67. The predicted octanol–water partition coefficient (Wildman–Crippen LogP) is 1.44. The van der Waals surface area contributed by atoms with E-state index in [-0.39, 0.29) is 11.5 Å². The second-order valence-corrected chi connectivity index (χ2v) is 5.23. The van der Waals surface area contributed by atoms with Crippen LogP contribution in [0.15, 0.2) is 0 Å². The van der Waals surface area contributed by atoms with Gasteiger partial charge in [0.25, 0.3) is 0 Å². The first-order valence-corrected chi connectivity index (χ1v) is 6.14. The SMILES string of the molecule is COC1CCCCC1(O)C1(CN)CCC1. The van der Waals surface area contributed by atoms with Crippen LogP contribution >= 0.6 is 0 Å². The van der Waals surface area contributed by atoms with Crippen molar-refractivity contribution in [3.8, 4) is 0 Å². The predicted molar refractivity (Wildman–Crippen MR) is 59.6 cm³/mol. The van der Waals surface area contributed by atoms with Crippen molar-refractivity contribution in [1.82, 2.24) is 0 Å². The normalized spacial score (nSPS) is 39.8. The van der Waals surface area contributed by atoms with Crippen molar-refractivity contribution in [2.24, 2.45) is 11.1 Å². The first kappa shape index (κ1) is 11.4. The Morgan fingerprint density at radius 2 is 2.00 bits per heavy atom. The van der Waals surface area contributed by atoms with Crippen LogP contribution in [0.25, 0.3) is 0 Å². The van der Waals surface area contributed by atoms with E-state index in [1.807, 2.05) is 0 Å². The van der Waals surface area contributed by atoms with Gasteiger partial charge in [-0.05, 0) is 25.7 Å². The van der Waals surface area contributed by atoms with Crippen molar-refractivity contribution in [3.05, 3.63) is 0 Å². The van der Waals surface area contributed by atoms with Crippen molar-refractivity contribution in [3.63, 3.8) is 0 Å². The Balaban J connectivity index is 2.20. The molecule has 88 valence electrons. The third kappa shape index (κ3) is 1.52. The third-order valence-electron chi connectivity index (χ3n) is 4.71. The monoisotopic (exact) mass is 213 g/mol. The summed E-state index contributed by atoms with van der Waals surface area (Å²) in [5, 5.41) is 10.9. The number of nitrogens with two attached hydrogens (primary N) is 1. The zero-order chi connectivity index (χ0) is 10.9. The van der Waals surface area contributed by atoms with Crippen LogP contribution in [-0.2, 0) is 4.74 Å². The van der Waals surface area contributed by atoms with E-state index in [1.54, 1.807) is 7.11 Å². The molecule has 0 bridgehead atoms. The summed E-state index contributed by atoms with van der Waals surface area (Å²) in [5.41, 5.74) is 5.18. The van der Waals surface area contributed by atoms with Crippen molar-refractivity contribution in [1.29, 1.82) is 0 Å². The Bertz CT molecular complexity index is 222. The van der Waals surface area contributed by atoms with E-state index in [0.717, 1.165) is 32.1 Å². The lowest BCUT2D eigenvalue weighted by Gasteiger charge is -2.57. The van der Waals surface area contributed by atoms with Crippen LogP contribution in [0.2, 0.25) is 0 Å². The molecule has 2 unspecified atom stereocenters. The molecule has 15 heavy (non-hydrogen) atoms. The Hall–Kier alpha value is -0.120. The van der Waals surface area contributed by atoms with Gasteiger partial charge in [0.1, 0.15) is 0 Å². The van der Waals surface area contributed by atoms with Crippen LogP contribution < -0.4 is 5.73 Å². The van der Waals surface area contributed by atoms with E-state index in [9.17, 15) is 5.11 Å². The van der Waals surface area contributed by atoms with Crippen molar-refractivity contribution in [2.75, 3.05) is 13.7 Å². The Morgan fingerprint density at radius 1 is 1.27 bits per heavy atom. The number of hydrogen-bond donors (Lipinski definition) is 2. The molecule has 3 heteroatoms. The maximum Gasteiger partial charge on any atom is 0.0975 e. The molecule has 0 aliphatic heterocycles. The summed E-state index contributed by atoms with van der Waals surface area (Å²) in [5.74, 6) is 0. The molecule has 0 saturated heterocycles. The van der Waals surface area contributed by atoms with Crippen molar-refractivity contribution >= 4 is 0 Å². The first-order chi connectivity index (χ1) is 7.18. The molecule has 0 radical (unpaired) electrons. The van der Waals surface area contributed by atoms with Gasteiger partial charge in [-0.3, -0.25) is 0 Å². The topological polar surface area (TPSA) is 55.5 Å². The summed E-state index contributed by atoms with van der Waals surface area (Å²) < 4.78 is 5.48. The maximum atomic E-state index is 10.9. The quantitative estimate of drug-likeness (QED) is 0.746. The van der Waals surface area contributed by atoms with E-state index < -0.39 is 5.60 Å². The van der Waals surface area contributed by atoms with Gasteiger partial charge in [0, 0.05) is 19.1 Å². The fourth-order valence-electron chi connectivity index (χ4n) is 3.46. The molecule has 2 rings (SSSR count).